The average molecular weight is 600 g/mol. The maximum Gasteiger partial charge on any atom is 0.337 e. The number of nitrogens with one attached hydrogen (secondary N) is 1. The molecule has 0 bridgehead atoms. The van der Waals surface area contributed by atoms with Gasteiger partial charge in [0, 0.05) is 22.1 Å². The summed E-state index contributed by atoms with van der Waals surface area (Å²) in [5, 5.41) is 13.2. The molecule has 4 atom stereocenters. The molecule has 0 aliphatic carbocycles. The quantitative estimate of drug-likeness (QED) is 0.171. The fourth-order valence-corrected chi connectivity index (χ4v) is 8.24. The third kappa shape index (κ3) is 5.47. The molecule has 2 aliphatic rings. The van der Waals surface area contributed by atoms with Crippen molar-refractivity contribution < 1.29 is 28.3 Å². The second-order valence-electron chi connectivity index (χ2n) is 9.17. The Balaban J connectivity index is 1.35. The first-order chi connectivity index (χ1) is 19.2. The fraction of sp³-hybridized carbons (Fsp3) is 0.222. The number of non-ortho nitro benzene ring substituents is 1. The molecule has 2 heterocycles. The molecule has 0 radical (unpaired) electrons. The summed E-state index contributed by atoms with van der Waals surface area (Å²) in [6, 6.07) is 20.1. The van der Waals surface area contributed by atoms with Crippen LogP contribution in [0.25, 0.3) is 0 Å². The minimum atomic E-state index is -1.97. The topological polar surface area (TPSA) is 136 Å². The number of fused-ring (bicyclic) bond motifs is 1. The summed E-state index contributed by atoms with van der Waals surface area (Å²) in [6.45, 7) is -0.395. The molecule has 2 amide bonds. The summed E-state index contributed by atoms with van der Waals surface area (Å²) < 4.78 is 17.9. The highest BCUT2D eigenvalue weighted by atomic mass is 35.5. The van der Waals surface area contributed by atoms with Gasteiger partial charge < -0.3 is 15.0 Å². The molecule has 3 aromatic rings. The van der Waals surface area contributed by atoms with E-state index in [0.29, 0.717) is 15.5 Å². The number of carbonyl (C=O) groups is 3. The van der Waals surface area contributed by atoms with Crippen LogP contribution in [0, 0.1) is 10.1 Å². The standard InChI is InChI=1S/C27H22ClN3O7S2/c28-19-8-12-21(13-9-19)39-27(26(34)38-15-18-6-10-20(11-7-18)31(35)36)16-30-24(33)23(25(30)40(27)37)29-22(32)14-17-4-2-1-3-5-17/h1-13,23,25H,14-16H2,(H,29,32)/t23-,25-,27-,40?/m1/s1. The van der Waals surface area contributed by atoms with E-state index in [2.05, 4.69) is 5.32 Å². The van der Waals surface area contributed by atoms with Gasteiger partial charge in [-0.2, -0.15) is 0 Å². The monoisotopic (exact) mass is 599 g/mol. The van der Waals surface area contributed by atoms with Crippen LogP contribution in [0.3, 0.4) is 0 Å². The van der Waals surface area contributed by atoms with Crippen LogP contribution in [0.5, 0.6) is 0 Å². The van der Waals surface area contributed by atoms with E-state index < -0.39 is 49.0 Å². The molecule has 2 fully saturated rings. The smallest absolute Gasteiger partial charge is 0.337 e. The van der Waals surface area contributed by atoms with Gasteiger partial charge in [0.05, 0.1) is 28.7 Å². The summed E-state index contributed by atoms with van der Waals surface area (Å²) in [6.07, 6.45) is 0.0475. The molecule has 0 spiro atoms. The Kier molecular flexibility index (Phi) is 7.92. The molecule has 5 rings (SSSR count). The van der Waals surface area contributed by atoms with Crippen LogP contribution in [-0.4, -0.2) is 53.9 Å². The maximum absolute atomic E-state index is 14.0. The van der Waals surface area contributed by atoms with Gasteiger partial charge in [-0.25, -0.2) is 4.79 Å². The number of hydrogen-bond donors (Lipinski definition) is 1. The first kappa shape index (κ1) is 27.8. The molecule has 0 aromatic heterocycles. The van der Waals surface area contributed by atoms with Crippen LogP contribution < -0.4 is 5.32 Å². The van der Waals surface area contributed by atoms with Gasteiger partial charge in [-0.15, -0.1) is 0 Å². The SMILES string of the molecule is O=C(Cc1ccccc1)N[C@@H]1C(=O)N2C[C@](Sc3ccc(Cl)cc3)(C(=O)OCc3ccc([N+](=O)[O-])cc3)S(=O)[C@H]12. The molecular formula is C27H22ClN3O7S2. The Morgan fingerprint density at radius 3 is 2.40 bits per heavy atom. The summed E-state index contributed by atoms with van der Waals surface area (Å²) in [7, 11) is -1.97. The van der Waals surface area contributed by atoms with Crippen molar-refractivity contribution in [2.24, 2.45) is 0 Å². The zero-order valence-electron chi connectivity index (χ0n) is 20.7. The zero-order valence-corrected chi connectivity index (χ0v) is 23.1. The molecule has 0 saturated carbocycles. The number of hydrogen-bond acceptors (Lipinski definition) is 8. The van der Waals surface area contributed by atoms with Crippen molar-refractivity contribution in [3.05, 3.63) is 105 Å². The summed E-state index contributed by atoms with van der Waals surface area (Å²) in [4.78, 5) is 51.6. The second kappa shape index (κ2) is 11.4. The number of halogens is 1. The van der Waals surface area contributed by atoms with Gasteiger partial charge in [-0.3, -0.25) is 23.9 Å². The van der Waals surface area contributed by atoms with E-state index in [1.165, 1.54) is 29.2 Å². The number of nitrogens with zero attached hydrogens (tertiary/aromatic N) is 2. The van der Waals surface area contributed by atoms with Crippen molar-refractivity contribution >= 4 is 57.6 Å². The van der Waals surface area contributed by atoms with Gasteiger partial charge in [0.15, 0.2) is 0 Å². The van der Waals surface area contributed by atoms with Crippen LogP contribution >= 0.6 is 23.4 Å². The molecule has 3 aromatic carbocycles. The van der Waals surface area contributed by atoms with Gasteiger partial charge >= 0.3 is 5.97 Å². The first-order valence-corrected chi connectivity index (χ1v) is 14.5. The zero-order chi connectivity index (χ0) is 28.4. The number of thioether (sulfide) groups is 1. The summed E-state index contributed by atoms with van der Waals surface area (Å²) in [5.41, 5.74) is 1.16. The van der Waals surface area contributed by atoms with Crippen LogP contribution in [0.2, 0.25) is 5.02 Å². The molecule has 1 N–H and O–H groups in total. The molecule has 40 heavy (non-hydrogen) atoms. The number of β-lactam (4-membered cyclic amide) rings is 1. The van der Waals surface area contributed by atoms with E-state index in [1.807, 2.05) is 6.07 Å². The number of nitro benzene ring substituents is 1. The molecule has 1 unspecified atom stereocenters. The second-order valence-corrected chi connectivity index (χ2v) is 13.0. The predicted molar refractivity (Wildman–Crippen MR) is 149 cm³/mol. The lowest BCUT2D eigenvalue weighted by Gasteiger charge is -2.40. The van der Waals surface area contributed by atoms with Crippen molar-refractivity contribution in [1.82, 2.24) is 10.2 Å². The van der Waals surface area contributed by atoms with Crippen molar-refractivity contribution in [2.45, 2.75) is 33.4 Å². The number of benzene rings is 3. The third-order valence-corrected chi connectivity index (χ3v) is 10.6. The largest absolute Gasteiger partial charge is 0.459 e. The van der Waals surface area contributed by atoms with E-state index in [0.717, 1.165) is 17.3 Å². The van der Waals surface area contributed by atoms with E-state index in [9.17, 15) is 28.7 Å². The Morgan fingerprint density at radius 2 is 1.75 bits per heavy atom. The van der Waals surface area contributed by atoms with E-state index >= 15 is 0 Å². The number of amides is 2. The molecule has 2 aliphatic heterocycles. The highest BCUT2D eigenvalue weighted by Gasteiger charge is 2.68. The third-order valence-electron chi connectivity index (χ3n) is 6.51. The molecular weight excluding hydrogens is 578 g/mol. The fourth-order valence-electron chi connectivity index (χ4n) is 4.48. The van der Waals surface area contributed by atoms with Crippen molar-refractivity contribution in [1.29, 1.82) is 0 Å². The van der Waals surface area contributed by atoms with E-state index in [-0.39, 0.29) is 25.3 Å². The van der Waals surface area contributed by atoms with Gasteiger partial charge in [-0.05, 0) is 47.5 Å². The molecule has 10 nitrogen and oxygen atoms in total. The predicted octanol–water partition coefficient (Wildman–Crippen LogP) is 3.44. The van der Waals surface area contributed by atoms with Crippen molar-refractivity contribution in [2.75, 3.05) is 6.54 Å². The molecule has 206 valence electrons. The van der Waals surface area contributed by atoms with Crippen LogP contribution in [-0.2, 0) is 42.9 Å². The van der Waals surface area contributed by atoms with Gasteiger partial charge in [0.1, 0.15) is 18.0 Å². The summed E-state index contributed by atoms with van der Waals surface area (Å²) >= 11 is 7.02. The lowest BCUT2D eigenvalue weighted by Crippen LogP contribution is -2.69. The minimum absolute atomic E-state index is 0.0475. The normalized spacial score (nSPS) is 23.2. The Labute approximate surface area is 240 Å². The molecule has 13 heteroatoms. The lowest BCUT2D eigenvalue weighted by atomic mass is 10.1. The van der Waals surface area contributed by atoms with Crippen LogP contribution in [0.15, 0.2) is 83.8 Å². The lowest BCUT2D eigenvalue weighted by molar-refractivity contribution is -0.384. The first-order valence-electron chi connectivity index (χ1n) is 12.1. The summed E-state index contributed by atoms with van der Waals surface area (Å²) in [5.74, 6) is -1.63. The number of rotatable bonds is 9. The van der Waals surface area contributed by atoms with Crippen molar-refractivity contribution in [3.63, 3.8) is 0 Å². The maximum atomic E-state index is 14.0. The van der Waals surface area contributed by atoms with Gasteiger partial charge in [-0.1, -0.05) is 53.7 Å². The minimum Gasteiger partial charge on any atom is -0.459 e. The highest BCUT2D eigenvalue weighted by molar-refractivity contribution is 8.14. The van der Waals surface area contributed by atoms with E-state index in [1.54, 1.807) is 48.5 Å². The van der Waals surface area contributed by atoms with E-state index in [4.69, 9.17) is 16.3 Å². The Bertz CT molecular complexity index is 1490. The number of esters is 1. The number of ether oxygens (including phenoxy) is 1. The van der Waals surface area contributed by atoms with Gasteiger partial charge in [0.25, 0.3) is 5.69 Å². The van der Waals surface area contributed by atoms with Gasteiger partial charge in [0.2, 0.25) is 15.9 Å². The van der Waals surface area contributed by atoms with Crippen LogP contribution in [0.1, 0.15) is 11.1 Å². The Morgan fingerprint density at radius 1 is 1.07 bits per heavy atom. The van der Waals surface area contributed by atoms with Crippen molar-refractivity contribution in [3.8, 4) is 0 Å². The average Bonchev–Trinajstić information content (AvgIpc) is 3.21. The highest BCUT2D eigenvalue weighted by Crippen LogP contribution is 2.48. The Hall–Kier alpha value is -3.74. The number of carbonyl (C=O) groups excluding carboxylic acids is 3. The molecule has 2 saturated heterocycles. The number of nitro groups is 1. The van der Waals surface area contributed by atoms with Crippen LogP contribution in [0.4, 0.5) is 5.69 Å².